The molecule has 3 N–H and O–H groups in total. The Morgan fingerprint density at radius 2 is 2.20 bits per heavy atom. The minimum Gasteiger partial charge on any atom is -0.358 e. The van der Waals surface area contributed by atoms with Crippen LogP contribution in [0.25, 0.3) is 11.4 Å². The first kappa shape index (κ1) is 15.0. The van der Waals surface area contributed by atoms with Crippen LogP contribution in [-0.2, 0) is 4.79 Å². The summed E-state index contributed by atoms with van der Waals surface area (Å²) >= 11 is 13.1. The van der Waals surface area contributed by atoms with Gasteiger partial charge in [-0.3, -0.25) is 4.79 Å². The van der Waals surface area contributed by atoms with E-state index in [9.17, 15) is 4.79 Å². The molecule has 106 valence electrons. The van der Waals surface area contributed by atoms with E-state index in [1.54, 1.807) is 25.2 Å². The molecule has 1 aromatic heterocycles. The van der Waals surface area contributed by atoms with Gasteiger partial charge in [0.25, 0.3) is 0 Å². The fraction of sp³-hybridized carbons (Fsp3) is 0.182. The van der Waals surface area contributed by atoms with E-state index in [1.807, 2.05) is 0 Å². The Morgan fingerprint density at radius 3 is 2.85 bits per heavy atom. The van der Waals surface area contributed by atoms with Gasteiger partial charge in [0.1, 0.15) is 0 Å². The van der Waals surface area contributed by atoms with Crippen LogP contribution in [0.15, 0.2) is 23.4 Å². The fourth-order valence-corrected chi connectivity index (χ4v) is 2.65. The number of hydrogen-bond acceptors (Lipinski definition) is 5. The maximum Gasteiger partial charge on any atom is 0.230 e. The van der Waals surface area contributed by atoms with Crippen molar-refractivity contribution in [2.24, 2.45) is 0 Å². The van der Waals surface area contributed by atoms with E-state index in [2.05, 4.69) is 15.5 Å². The molecule has 2 rings (SSSR count). The lowest BCUT2D eigenvalue weighted by atomic mass is 10.2. The summed E-state index contributed by atoms with van der Waals surface area (Å²) in [6.07, 6.45) is 0. The van der Waals surface area contributed by atoms with Crippen LogP contribution in [0.2, 0.25) is 10.0 Å². The Labute approximate surface area is 129 Å². The van der Waals surface area contributed by atoms with E-state index in [4.69, 9.17) is 29.0 Å². The molecule has 2 aromatic rings. The molecule has 0 aliphatic heterocycles. The second-order valence-corrected chi connectivity index (χ2v) is 5.55. The van der Waals surface area contributed by atoms with Crippen molar-refractivity contribution in [2.75, 3.05) is 18.6 Å². The number of thioether (sulfide) groups is 1. The first-order valence-electron chi connectivity index (χ1n) is 5.52. The zero-order valence-electron chi connectivity index (χ0n) is 10.4. The smallest absolute Gasteiger partial charge is 0.230 e. The number of carbonyl (C=O) groups excluding carboxylic acids is 1. The van der Waals surface area contributed by atoms with Gasteiger partial charge in [-0.1, -0.05) is 35.0 Å². The van der Waals surface area contributed by atoms with Gasteiger partial charge in [-0.25, -0.2) is 4.68 Å². The number of nitrogens with one attached hydrogen (secondary N) is 1. The van der Waals surface area contributed by atoms with Gasteiger partial charge < -0.3 is 11.2 Å². The van der Waals surface area contributed by atoms with Crippen LogP contribution in [0.3, 0.4) is 0 Å². The van der Waals surface area contributed by atoms with Crippen molar-refractivity contribution in [3.05, 3.63) is 28.2 Å². The van der Waals surface area contributed by atoms with Crippen LogP contribution in [0.1, 0.15) is 0 Å². The third-order valence-electron chi connectivity index (χ3n) is 2.45. The summed E-state index contributed by atoms with van der Waals surface area (Å²) in [4.78, 5) is 11.2. The Balaban J connectivity index is 2.26. The van der Waals surface area contributed by atoms with Crippen molar-refractivity contribution in [1.29, 1.82) is 0 Å². The predicted octanol–water partition coefficient (Wildman–Crippen LogP) is 1.80. The summed E-state index contributed by atoms with van der Waals surface area (Å²) in [6, 6.07) is 5.00. The van der Waals surface area contributed by atoms with Crippen molar-refractivity contribution < 1.29 is 4.79 Å². The molecular weight excluding hydrogens is 321 g/mol. The number of nitrogen functional groups attached to an aromatic ring is 1. The molecule has 1 amide bonds. The lowest BCUT2D eigenvalue weighted by Gasteiger charge is -2.05. The molecule has 0 fully saturated rings. The average Bonchev–Trinajstić information content (AvgIpc) is 2.77. The van der Waals surface area contributed by atoms with Crippen molar-refractivity contribution in [3.8, 4) is 11.4 Å². The van der Waals surface area contributed by atoms with Crippen molar-refractivity contribution in [2.45, 2.75) is 5.16 Å². The first-order valence-corrected chi connectivity index (χ1v) is 7.26. The highest BCUT2D eigenvalue weighted by molar-refractivity contribution is 7.99. The van der Waals surface area contributed by atoms with E-state index in [0.717, 1.165) is 0 Å². The summed E-state index contributed by atoms with van der Waals surface area (Å²) in [5, 5.41) is 11.8. The number of rotatable bonds is 4. The summed E-state index contributed by atoms with van der Waals surface area (Å²) in [5.41, 5.74) is 0.623. The number of amides is 1. The lowest BCUT2D eigenvalue weighted by Crippen LogP contribution is -2.20. The molecule has 0 bridgehead atoms. The Bertz CT molecular complexity index is 646. The molecule has 9 heteroatoms. The Hall–Kier alpha value is -1.44. The maximum atomic E-state index is 11.2. The van der Waals surface area contributed by atoms with Crippen LogP contribution in [-0.4, -0.2) is 33.6 Å². The molecule has 0 aliphatic carbocycles. The molecule has 0 saturated carbocycles. The van der Waals surface area contributed by atoms with E-state index in [-0.39, 0.29) is 11.7 Å². The number of nitrogens with zero attached hydrogens (tertiary/aromatic N) is 3. The number of aromatic nitrogens is 3. The molecule has 0 radical (unpaired) electrons. The second-order valence-electron chi connectivity index (χ2n) is 3.76. The highest BCUT2D eigenvalue weighted by atomic mass is 35.5. The number of hydrogen-bond donors (Lipinski definition) is 2. The summed E-state index contributed by atoms with van der Waals surface area (Å²) < 4.78 is 1.29. The third-order valence-corrected chi connectivity index (χ3v) is 3.94. The van der Waals surface area contributed by atoms with Gasteiger partial charge in [-0.2, -0.15) is 0 Å². The number of nitrogens with two attached hydrogens (primary N) is 1. The molecule has 6 nitrogen and oxygen atoms in total. The number of halogens is 2. The third kappa shape index (κ3) is 3.17. The van der Waals surface area contributed by atoms with Crippen molar-refractivity contribution in [3.63, 3.8) is 0 Å². The molecule has 1 heterocycles. The first-order chi connectivity index (χ1) is 9.52. The molecular formula is C11H11Cl2N5OS. The summed E-state index contributed by atoms with van der Waals surface area (Å²) in [6.45, 7) is 0. The average molecular weight is 332 g/mol. The number of carbonyl (C=O) groups is 1. The minimum absolute atomic E-state index is 0.121. The van der Waals surface area contributed by atoms with Crippen LogP contribution in [0, 0.1) is 0 Å². The molecule has 20 heavy (non-hydrogen) atoms. The molecule has 1 aromatic carbocycles. The van der Waals surface area contributed by atoms with E-state index < -0.39 is 0 Å². The van der Waals surface area contributed by atoms with Crippen molar-refractivity contribution >= 4 is 40.9 Å². The second kappa shape index (κ2) is 6.34. The topological polar surface area (TPSA) is 85.8 Å². The highest BCUT2D eigenvalue weighted by Gasteiger charge is 2.15. The molecule has 0 aliphatic rings. The molecule has 0 spiro atoms. The van der Waals surface area contributed by atoms with E-state index in [1.165, 1.54) is 16.4 Å². The predicted molar refractivity (Wildman–Crippen MR) is 80.4 cm³/mol. The largest absolute Gasteiger partial charge is 0.358 e. The van der Waals surface area contributed by atoms with Crippen LogP contribution in [0.4, 0.5) is 0 Å². The van der Waals surface area contributed by atoms with Crippen LogP contribution < -0.4 is 11.2 Å². The zero-order chi connectivity index (χ0) is 14.7. The van der Waals surface area contributed by atoms with Gasteiger partial charge in [0.2, 0.25) is 11.1 Å². The lowest BCUT2D eigenvalue weighted by molar-refractivity contribution is -0.118. The van der Waals surface area contributed by atoms with E-state index in [0.29, 0.717) is 26.6 Å². The van der Waals surface area contributed by atoms with Gasteiger partial charge in [-0.15, -0.1) is 10.2 Å². The monoisotopic (exact) mass is 331 g/mol. The standard InChI is InChI=1S/C11H11Cl2N5OS/c1-15-9(19)5-20-11-17-16-10(18(11)14)7-3-2-6(12)4-8(7)13/h2-4H,5,14H2,1H3,(H,15,19). The SMILES string of the molecule is CNC(=O)CSc1nnc(-c2ccc(Cl)cc2Cl)n1N. The quantitative estimate of drug-likeness (QED) is 0.659. The fourth-order valence-electron chi connectivity index (χ4n) is 1.43. The molecule has 0 saturated heterocycles. The summed E-state index contributed by atoms with van der Waals surface area (Å²) in [5.74, 6) is 6.41. The Morgan fingerprint density at radius 1 is 1.45 bits per heavy atom. The highest BCUT2D eigenvalue weighted by Crippen LogP contribution is 2.30. The Kier molecular flexibility index (Phi) is 4.74. The van der Waals surface area contributed by atoms with Crippen molar-refractivity contribution in [1.82, 2.24) is 20.2 Å². The van der Waals surface area contributed by atoms with Crippen LogP contribution >= 0.6 is 35.0 Å². The van der Waals surface area contributed by atoms with E-state index >= 15 is 0 Å². The van der Waals surface area contributed by atoms with Gasteiger partial charge in [0.05, 0.1) is 10.8 Å². The normalized spacial score (nSPS) is 10.6. The van der Waals surface area contributed by atoms with Gasteiger partial charge in [0.15, 0.2) is 5.82 Å². The maximum absolute atomic E-state index is 11.2. The number of benzene rings is 1. The minimum atomic E-state index is -0.121. The van der Waals surface area contributed by atoms with Gasteiger partial charge in [0, 0.05) is 17.6 Å². The van der Waals surface area contributed by atoms with Gasteiger partial charge >= 0.3 is 0 Å². The summed E-state index contributed by atoms with van der Waals surface area (Å²) in [7, 11) is 1.56. The zero-order valence-corrected chi connectivity index (χ0v) is 12.8. The molecule has 0 unspecified atom stereocenters. The molecule has 0 atom stereocenters. The van der Waals surface area contributed by atoms with Crippen LogP contribution in [0.5, 0.6) is 0 Å². The van der Waals surface area contributed by atoms with Gasteiger partial charge in [-0.05, 0) is 18.2 Å².